The first-order valence-corrected chi connectivity index (χ1v) is 8.44. The summed E-state index contributed by atoms with van der Waals surface area (Å²) in [6.07, 6.45) is 0.746. The van der Waals surface area contributed by atoms with Crippen molar-refractivity contribution >= 4 is 52.1 Å². The molecular weight excluding hydrogens is 360 g/mol. The fourth-order valence-electron chi connectivity index (χ4n) is 1.62. The summed E-state index contributed by atoms with van der Waals surface area (Å²) in [7, 11) is 0. The first kappa shape index (κ1) is 19.5. The lowest BCUT2D eigenvalue weighted by Crippen LogP contribution is -2.13. The second-order valence-electron chi connectivity index (χ2n) is 4.25. The van der Waals surface area contributed by atoms with Gasteiger partial charge in [-0.2, -0.15) is 0 Å². The Balaban J connectivity index is 0.00000264. The number of nitrogens with zero attached hydrogens (tertiary/aromatic N) is 2. The van der Waals surface area contributed by atoms with E-state index in [0.29, 0.717) is 36.1 Å². The van der Waals surface area contributed by atoms with E-state index in [1.54, 1.807) is 17.7 Å². The molecule has 3 N–H and O–H groups in total. The summed E-state index contributed by atoms with van der Waals surface area (Å²) < 4.78 is 4.85. The molecule has 2 rings (SSSR count). The van der Waals surface area contributed by atoms with Gasteiger partial charge in [0.05, 0.1) is 23.7 Å². The quantitative estimate of drug-likeness (QED) is 0.714. The van der Waals surface area contributed by atoms with Crippen LogP contribution >= 0.6 is 35.1 Å². The molecule has 10 heteroatoms. The molecule has 0 radical (unpaired) electrons. The molecule has 2 heterocycles. The van der Waals surface area contributed by atoms with Gasteiger partial charge >= 0.3 is 5.97 Å². The number of carbonyl (C=O) groups is 2. The minimum atomic E-state index is -0.336. The van der Waals surface area contributed by atoms with Crippen LogP contribution in [0.1, 0.15) is 28.1 Å². The third kappa shape index (κ3) is 5.87. The molecule has 0 aliphatic rings. The fraction of sp³-hybridized carbons (Fsp3) is 0.385. The summed E-state index contributed by atoms with van der Waals surface area (Å²) in [4.78, 5) is 31.8. The smallest absolute Gasteiger partial charge is 0.311 e. The van der Waals surface area contributed by atoms with E-state index in [9.17, 15) is 9.59 Å². The third-order valence-corrected chi connectivity index (χ3v) is 4.26. The standard InChI is InChI=1S/C13H16N4O3S2.ClH/c1-2-20-11(18)5-8-6-22-13(15-8)17-12(19)9-7-21-10(16-9)3-4-14;/h6-7H,2-5,14H2,1H3,(H,15,17,19);1H. The van der Waals surface area contributed by atoms with Gasteiger partial charge in [0.15, 0.2) is 5.13 Å². The molecule has 0 saturated heterocycles. The van der Waals surface area contributed by atoms with Crippen molar-refractivity contribution in [3.8, 4) is 0 Å². The summed E-state index contributed by atoms with van der Waals surface area (Å²) >= 11 is 2.66. The number of nitrogens with two attached hydrogens (primary N) is 1. The van der Waals surface area contributed by atoms with Crippen molar-refractivity contribution in [2.45, 2.75) is 19.8 Å². The molecule has 0 aliphatic carbocycles. The number of hydrogen-bond donors (Lipinski definition) is 2. The molecule has 0 aliphatic heterocycles. The molecule has 0 atom stereocenters. The van der Waals surface area contributed by atoms with Crippen LogP contribution in [0.4, 0.5) is 5.13 Å². The SMILES string of the molecule is CCOC(=O)Cc1csc(NC(=O)c2csc(CCN)n2)n1.Cl. The van der Waals surface area contributed by atoms with Crippen LogP contribution in [0.25, 0.3) is 0 Å². The number of amides is 1. The molecule has 2 aromatic rings. The van der Waals surface area contributed by atoms with E-state index in [-0.39, 0.29) is 30.7 Å². The van der Waals surface area contributed by atoms with Gasteiger partial charge in [-0.05, 0) is 13.5 Å². The Kier molecular flexibility index (Phi) is 8.10. The van der Waals surface area contributed by atoms with Gasteiger partial charge in [-0.25, -0.2) is 9.97 Å². The van der Waals surface area contributed by atoms with Gasteiger partial charge in [0.1, 0.15) is 5.69 Å². The molecule has 7 nitrogen and oxygen atoms in total. The predicted octanol–water partition coefficient (Wildman–Crippen LogP) is 1.88. The first-order valence-electron chi connectivity index (χ1n) is 6.68. The molecule has 0 unspecified atom stereocenters. The predicted molar refractivity (Wildman–Crippen MR) is 92.5 cm³/mol. The van der Waals surface area contributed by atoms with Crippen LogP contribution in [0.5, 0.6) is 0 Å². The third-order valence-electron chi connectivity index (χ3n) is 2.55. The number of aromatic nitrogens is 2. The summed E-state index contributed by atoms with van der Waals surface area (Å²) in [5.74, 6) is -0.659. The lowest BCUT2D eigenvalue weighted by Gasteiger charge is -1.99. The number of ether oxygens (including phenoxy) is 1. The highest BCUT2D eigenvalue weighted by Crippen LogP contribution is 2.18. The molecular formula is C13H17ClN4O3S2. The Bertz CT molecular complexity index is 659. The van der Waals surface area contributed by atoms with Gasteiger partial charge < -0.3 is 10.5 Å². The van der Waals surface area contributed by atoms with Crippen molar-refractivity contribution in [3.63, 3.8) is 0 Å². The van der Waals surface area contributed by atoms with Gasteiger partial charge in [-0.1, -0.05) is 0 Å². The van der Waals surface area contributed by atoms with Crippen molar-refractivity contribution in [2.75, 3.05) is 18.5 Å². The number of anilines is 1. The van der Waals surface area contributed by atoms with Crippen LogP contribution in [0.2, 0.25) is 0 Å². The monoisotopic (exact) mass is 376 g/mol. The second kappa shape index (κ2) is 9.56. The number of esters is 1. The lowest BCUT2D eigenvalue weighted by atomic mass is 10.3. The highest BCUT2D eigenvalue weighted by atomic mass is 35.5. The summed E-state index contributed by atoms with van der Waals surface area (Å²) in [6.45, 7) is 2.58. The number of thiazole rings is 2. The normalized spacial score (nSPS) is 10.0. The Morgan fingerprint density at radius 1 is 1.30 bits per heavy atom. The Labute approximate surface area is 147 Å². The molecule has 0 spiro atoms. The van der Waals surface area contributed by atoms with Crippen LogP contribution < -0.4 is 11.1 Å². The van der Waals surface area contributed by atoms with Crippen molar-refractivity contribution in [1.29, 1.82) is 0 Å². The Morgan fingerprint density at radius 2 is 2.09 bits per heavy atom. The Morgan fingerprint density at radius 3 is 2.78 bits per heavy atom. The molecule has 1 amide bonds. The number of carbonyl (C=O) groups excluding carboxylic acids is 2. The summed E-state index contributed by atoms with van der Waals surface area (Å²) in [5.41, 5.74) is 6.37. The lowest BCUT2D eigenvalue weighted by molar-refractivity contribution is -0.142. The maximum atomic E-state index is 12.0. The van der Waals surface area contributed by atoms with Crippen LogP contribution in [0.15, 0.2) is 10.8 Å². The summed E-state index contributed by atoms with van der Waals surface area (Å²) in [6, 6.07) is 0. The zero-order chi connectivity index (χ0) is 15.9. The second-order valence-corrected chi connectivity index (χ2v) is 6.05. The van der Waals surface area contributed by atoms with E-state index >= 15 is 0 Å². The van der Waals surface area contributed by atoms with Gasteiger partial charge in [0.25, 0.3) is 5.91 Å². The number of hydrogen-bond acceptors (Lipinski definition) is 8. The van der Waals surface area contributed by atoms with E-state index in [4.69, 9.17) is 10.5 Å². The largest absolute Gasteiger partial charge is 0.466 e. The molecule has 23 heavy (non-hydrogen) atoms. The first-order chi connectivity index (χ1) is 10.6. The van der Waals surface area contributed by atoms with Crippen LogP contribution in [-0.4, -0.2) is 35.0 Å². The number of nitrogens with one attached hydrogen (secondary N) is 1. The number of rotatable bonds is 7. The zero-order valence-corrected chi connectivity index (χ0v) is 14.9. The fourth-order valence-corrected chi connectivity index (χ4v) is 3.12. The van der Waals surface area contributed by atoms with Crippen LogP contribution in [0, 0.1) is 0 Å². The molecule has 126 valence electrons. The van der Waals surface area contributed by atoms with Gasteiger partial charge in [-0.3, -0.25) is 14.9 Å². The molecule has 0 bridgehead atoms. The average Bonchev–Trinajstić information content (AvgIpc) is 3.09. The maximum Gasteiger partial charge on any atom is 0.311 e. The highest BCUT2D eigenvalue weighted by Gasteiger charge is 2.14. The van der Waals surface area contributed by atoms with Crippen molar-refractivity contribution in [2.24, 2.45) is 5.73 Å². The minimum Gasteiger partial charge on any atom is -0.466 e. The van der Waals surface area contributed by atoms with Crippen molar-refractivity contribution in [1.82, 2.24) is 9.97 Å². The van der Waals surface area contributed by atoms with Gasteiger partial charge in [0, 0.05) is 17.2 Å². The van der Waals surface area contributed by atoms with E-state index in [1.165, 1.54) is 22.7 Å². The number of halogens is 1. The average molecular weight is 377 g/mol. The molecule has 0 aromatic carbocycles. The minimum absolute atomic E-state index is 0. The van der Waals surface area contributed by atoms with Gasteiger partial charge in [0.2, 0.25) is 0 Å². The zero-order valence-electron chi connectivity index (χ0n) is 12.4. The maximum absolute atomic E-state index is 12.0. The Hall–Kier alpha value is -1.55. The van der Waals surface area contributed by atoms with E-state index in [1.807, 2.05) is 0 Å². The van der Waals surface area contributed by atoms with E-state index in [2.05, 4.69) is 15.3 Å². The van der Waals surface area contributed by atoms with E-state index in [0.717, 1.165) is 5.01 Å². The molecule has 0 fully saturated rings. The van der Waals surface area contributed by atoms with Crippen LogP contribution in [-0.2, 0) is 22.4 Å². The van der Waals surface area contributed by atoms with Crippen molar-refractivity contribution < 1.29 is 14.3 Å². The highest BCUT2D eigenvalue weighted by molar-refractivity contribution is 7.14. The van der Waals surface area contributed by atoms with Crippen molar-refractivity contribution in [3.05, 3.63) is 27.2 Å². The van der Waals surface area contributed by atoms with Gasteiger partial charge in [-0.15, -0.1) is 35.1 Å². The summed E-state index contributed by atoms with van der Waals surface area (Å²) in [5, 5.41) is 7.33. The topological polar surface area (TPSA) is 107 Å². The van der Waals surface area contributed by atoms with Crippen LogP contribution in [0.3, 0.4) is 0 Å². The van der Waals surface area contributed by atoms with E-state index < -0.39 is 0 Å². The molecule has 2 aromatic heterocycles. The molecule has 0 saturated carbocycles.